The van der Waals surface area contributed by atoms with Crippen molar-refractivity contribution in [2.75, 3.05) is 24.7 Å². The van der Waals surface area contributed by atoms with Crippen LogP contribution in [0.3, 0.4) is 0 Å². The molecule has 2 aliphatic carbocycles. The number of pyridine rings is 2. The Morgan fingerprint density at radius 3 is 1.55 bits per heavy atom. The van der Waals surface area contributed by atoms with Gasteiger partial charge in [0.1, 0.15) is 10.1 Å². The minimum Gasteiger partial charge on any atom is -0.423 e. The van der Waals surface area contributed by atoms with E-state index in [4.69, 9.17) is 33.2 Å². The molecular formula is C48H40BBrCl2N16O6S2. The minimum atomic E-state index is -1.58. The number of benzene rings is 2. The first kappa shape index (κ1) is 52.0. The van der Waals surface area contributed by atoms with Gasteiger partial charge in [0.15, 0.2) is 34.2 Å². The van der Waals surface area contributed by atoms with Gasteiger partial charge in [0.25, 0.3) is 11.8 Å². The molecule has 76 heavy (non-hydrogen) atoms. The summed E-state index contributed by atoms with van der Waals surface area (Å²) in [5, 5.41) is 57.8. The van der Waals surface area contributed by atoms with Gasteiger partial charge in [-0.1, -0.05) is 35.3 Å². The van der Waals surface area contributed by atoms with Gasteiger partial charge in [-0.05, 0) is 155 Å². The first-order chi connectivity index (χ1) is 36.7. The lowest BCUT2D eigenvalue weighted by Gasteiger charge is -2.08. The summed E-state index contributed by atoms with van der Waals surface area (Å²) in [5.74, 6) is 0.734. The maximum atomic E-state index is 12.0. The zero-order valence-corrected chi connectivity index (χ0v) is 44.5. The Balaban J connectivity index is 0.000000143. The van der Waals surface area contributed by atoms with Crippen LogP contribution in [0.25, 0.3) is 33.7 Å². The number of nitrogens with zero attached hydrogens (tertiary/aromatic N) is 12. The molecule has 2 aromatic carbocycles. The van der Waals surface area contributed by atoms with Gasteiger partial charge in [-0.3, -0.25) is 28.0 Å². The van der Waals surface area contributed by atoms with Crippen molar-refractivity contribution >= 4 is 133 Å². The molecule has 8 aromatic heterocycles. The van der Waals surface area contributed by atoms with Crippen LogP contribution in [0.1, 0.15) is 46.4 Å². The number of hydrogen-bond acceptors (Lipinski definition) is 16. The zero-order valence-electron chi connectivity index (χ0n) is 39.8. The van der Waals surface area contributed by atoms with E-state index >= 15 is 0 Å². The first-order valence-electron chi connectivity index (χ1n) is 23.1. The molecule has 6 N–H and O–H groups in total. The van der Waals surface area contributed by atoms with E-state index in [2.05, 4.69) is 77.8 Å². The molecule has 2 fully saturated rings. The molecule has 8 heterocycles. The number of rotatable bonds is 12. The first-order valence-corrected chi connectivity index (χ1v) is 26.3. The summed E-state index contributed by atoms with van der Waals surface area (Å²) in [6.45, 7) is 0. The summed E-state index contributed by atoms with van der Waals surface area (Å²) in [6.07, 6.45) is 11.0. The predicted octanol–water partition coefficient (Wildman–Crippen LogP) is 6.37. The van der Waals surface area contributed by atoms with Crippen molar-refractivity contribution in [2.24, 2.45) is 11.8 Å². The van der Waals surface area contributed by atoms with Gasteiger partial charge < -0.3 is 31.3 Å². The topological polar surface area (TPSA) is 278 Å². The third kappa shape index (κ3) is 12.0. The Kier molecular flexibility index (Phi) is 15.3. The van der Waals surface area contributed by atoms with E-state index in [1.807, 2.05) is 75.8 Å². The molecule has 384 valence electrons. The Bertz CT molecular complexity index is 3890. The highest BCUT2D eigenvalue weighted by atomic mass is 79.9. The van der Waals surface area contributed by atoms with Crippen molar-refractivity contribution in [1.82, 2.24) is 69.0 Å². The zero-order chi connectivity index (χ0) is 53.2. The molecule has 0 radical (unpaired) electrons. The average Bonchev–Trinajstić information content (AvgIpc) is 4.31. The van der Waals surface area contributed by atoms with Crippen LogP contribution in [0.2, 0.25) is 10.0 Å². The van der Waals surface area contributed by atoms with Crippen molar-refractivity contribution in [3.05, 3.63) is 135 Å². The highest BCUT2D eigenvalue weighted by Gasteiger charge is 2.31. The van der Waals surface area contributed by atoms with Gasteiger partial charge >= 0.3 is 7.12 Å². The second-order valence-electron chi connectivity index (χ2n) is 17.1. The fraction of sp³-hybridized carbons (Fsp3) is 0.167. The molecule has 22 nitrogen and oxygen atoms in total. The molecule has 2 saturated carbocycles. The maximum Gasteiger partial charge on any atom is 0.488 e. The molecular weight excluding hydrogens is 1120 g/mol. The SMILES string of the molecule is CNC(=O)c1ccc(-c2ccc3nnc(Sc4ccc5nc(NC(=O)C6CC6)cn5n4)n3c2)cc1Cl.CNC(=O)c1ccc(B(O)O)cc1Cl.O=C(Nc1cn2nc(Sc3nnc4ccc(Br)cn34)ccc2n1)C1CC1. The third-order valence-corrected chi connectivity index (χ3v) is 14.5. The molecule has 2 aliphatic rings. The molecule has 28 heteroatoms. The normalized spacial score (nSPS) is 12.9. The second-order valence-corrected chi connectivity index (χ2v) is 20.8. The van der Waals surface area contributed by atoms with Crippen LogP contribution in [0.15, 0.2) is 135 Å². The van der Waals surface area contributed by atoms with Gasteiger partial charge in [0, 0.05) is 42.8 Å². The van der Waals surface area contributed by atoms with Crippen molar-refractivity contribution in [2.45, 2.75) is 46.0 Å². The summed E-state index contributed by atoms with van der Waals surface area (Å²) >= 11 is 18.3. The van der Waals surface area contributed by atoms with E-state index < -0.39 is 7.12 Å². The maximum absolute atomic E-state index is 12.0. The molecule has 0 aliphatic heterocycles. The Morgan fingerprint density at radius 1 is 0.592 bits per heavy atom. The Labute approximate surface area is 457 Å². The predicted molar refractivity (Wildman–Crippen MR) is 289 cm³/mol. The fourth-order valence-electron chi connectivity index (χ4n) is 7.34. The number of carbonyl (C=O) groups excluding carboxylic acids is 4. The molecule has 4 amide bonds. The third-order valence-electron chi connectivity index (χ3n) is 11.6. The van der Waals surface area contributed by atoms with E-state index in [1.165, 1.54) is 48.8 Å². The number of carbonyl (C=O) groups is 4. The highest BCUT2D eigenvalue weighted by Crippen LogP contribution is 2.33. The van der Waals surface area contributed by atoms with Crippen LogP contribution in [0, 0.1) is 11.8 Å². The number of aromatic nitrogens is 12. The molecule has 10 aromatic rings. The van der Waals surface area contributed by atoms with Crippen molar-refractivity contribution in [3.63, 3.8) is 0 Å². The van der Waals surface area contributed by atoms with E-state index in [9.17, 15) is 19.2 Å². The monoisotopic (exact) mass is 1160 g/mol. The summed E-state index contributed by atoms with van der Waals surface area (Å²) in [4.78, 5) is 55.9. The van der Waals surface area contributed by atoms with Crippen molar-refractivity contribution < 1.29 is 29.2 Å². The van der Waals surface area contributed by atoms with Crippen LogP contribution in [-0.2, 0) is 9.59 Å². The van der Waals surface area contributed by atoms with Crippen LogP contribution in [0.4, 0.5) is 11.6 Å². The second kappa shape index (κ2) is 22.4. The molecule has 0 atom stereocenters. The van der Waals surface area contributed by atoms with E-state index in [-0.39, 0.29) is 45.9 Å². The van der Waals surface area contributed by atoms with Gasteiger partial charge in [0.05, 0.1) is 33.6 Å². The number of nitrogens with one attached hydrogen (secondary N) is 4. The standard InChI is InChI=1S/C24H19ClN8O2S.C16H12BrN7OS.C8H9BClNO3/c1-26-23(35)16-6-4-14(10-17(16)25)15-5-7-20-29-30-24(32(20)11-15)36-21-9-8-19-27-18(12-33(19)31-21)28-22(34)13-2-3-13;17-10-3-4-13-20-21-16(23(13)7-10)26-14-6-5-12-18-11(8-24(12)22-14)19-15(25)9-1-2-9;1-11-8(12)6-3-2-5(9(13)14)4-7(6)10/h4-13H,2-3H2,1H3,(H,26,35)(H,28,34);3-9H,1-2H2,(H,19,25);2-4,13-14H,1H3,(H,11,12). The molecule has 12 rings (SSSR count). The minimum absolute atomic E-state index is 0.00305. The quantitative estimate of drug-likeness (QED) is 0.0726. The van der Waals surface area contributed by atoms with E-state index in [1.54, 1.807) is 40.6 Å². The van der Waals surface area contributed by atoms with E-state index in [0.29, 0.717) is 54.9 Å². The van der Waals surface area contributed by atoms with Crippen LogP contribution >= 0.6 is 62.7 Å². The number of imidazole rings is 2. The summed E-state index contributed by atoms with van der Waals surface area (Å²) < 4.78 is 8.01. The average molecular weight is 1160 g/mol. The van der Waals surface area contributed by atoms with Crippen LogP contribution < -0.4 is 26.7 Å². The van der Waals surface area contributed by atoms with Crippen molar-refractivity contribution in [1.29, 1.82) is 0 Å². The molecule has 0 saturated heterocycles. The molecule has 0 bridgehead atoms. The number of amides is 4. The number of anilines is 2. The van der Waals surface area contributed by atoms with E-state index in [0.717, 1.165) is 57.1 Å². The summed E-state index contributed by atoms with van der Waals surface area (Å²) in [6, 6.07) is 24.6. The number of halogens is 3. The lowest BCUT2D eigenvalue weighted by Crippen LogP contribution is -2.30. The van der Waals surface area contributed by atoms with Gasteiger partial charge in [-0.25, -0.2) is 19.0 Å². The fourth-order valence-corrected chi connectivity index (χ4v) is 9.78. The lowest BCUT2D eigenvalue weighted by molar-refractivity contribution is -0.118. The highest BCUT2D eigenvalue weighted by molar-refractivity contribution is 9.10. The van der Waals surface area contributed by atoms with Gasteiger partial charge in [-0.2, -0.15) is 10.2 Å². The van der Waals surface area contributed by atoms with Gasteiger partial charge in [0.2, 0.25) is 22.1 Å². The summed E-state index contributed by atoms with van der Waals surface area (Å²) in [5.41, 5.74) is 5.49. The Morgan fingerprint density at radius 2 is 1.07 bits per heavy atom. The Hall–Kier alpha value is -7.46. The summed E-state index contributed by atoms with van der Waals surface area (Å²) in [7, 11) is 1.48. The molecule has 0 unspecified atom stereocenters. The lowest BCUT2D eigenvalue weighted by atomic mass is 9.80. The smallest absolute Gasteiger partial charge is 0.423 e. The number of hydrogen-bond donors (Lipinski definition) is 6. The molecule has 0 spiro atoms. The van der Waals surface area contributed by atoms with Gasteiger partial charge in [-0.15, -0.1) is 20.4 Å². The largest absolute Gasteiger partial charge is 0.488 e. The van der Waals surface area contributed by atoms with Crippen molar-refractivity contribution in [3.8, 4) is 11.1 Å². The van der Waals surface area contributed by atoms with Crippen LogP contribution in [0.5, 0.6) is 0 Å². The van der Waals surface area contributed by atoms with Crippen LogP contribution in [-0.4, -0.2) is 113 Å². The number of fused-ring (bicyclic) bond motifs is 4.